The topological polar surface area (TPSA) is 27.1 Å². The third-order valence-corrected chi connectivity index (χ3v) is 10.7. The van der Waals surface area contributed by atoms with Crippen LogP contribution in [0.15, 0.2) is 158 Å². The normalized spacial score (nSPS) is 14.1. The van der Waals surface area contributed by atoms with Crippen LogP contribution in [0.4, 0.5) is 0 Å². The smallest absolute Gasteiger partial charge is 0.145 e. The highest BCUT2D eigenvalue weighted by Gasteiger charge is 2.50. The standard InChI is InChI=1S/C45H28N2O/c1-2-12-28(13-3-1)44-46-39-19-9-10-20-40(39)47(44)41-27-34(30-24-31(41)25-30)29-22-23-38-43(26-29)48-42-21-11-8-18-37(42)45(38)35-16-6-4-14-32(35)33-15-5-7-17-36(33)45/h1-24,26-27H,25H2. The zero-order valence-electron chi connectivity index (χ0n) is 26.0. The van der Waals surface area contributed by atoms with Crippen molar-refractivity contribution in [1.82, 2.24) is 9.55 Å². The van der Waals surface area contributed by atoms with Gasteiger partial charge in [-0.1, -0.05) is 127 Å². The highest BCUT2D eigenvalue weighted by atomic mass is 16.5. The number of hydrogen-bond donors (Lipinski definition) is 0. The predicted molar refractivity (Wildman–Crippen MR) is 192 cm³/mol. The molecule has 2 heterocycles. The quantitative estimate of drug-likeness (QED) is 0.198. The molecule has 7 aromatic carbocycles. The first-order chi connectivity index (χ1) is 23.8. The van der Waals surface area contributed by atoms with Crippen molar-refractivity contribution in [3.63, 3.8) is 0 Å². The molecule has 3 nitrogen and oxygen atoms in total. The molecule has 0 fully saturated rings. The maximum Gasteiger partial charge on any atom is 0.145 e. The molecule has 8 aromatic rings. The average Bonchev–Trinajstić information content (AvgIpc) is 3.66. The molecule has 0 atom stereocenters. The summed E-state index contributed by atoms with van der Waals surface area (Å²) in [7, 11) is 0. The Kier molecular flexibility index (Phi) is 5.10. The number of para-hydroxylation sites is 3. The predicted octanol–water partition coefficient (Wildman–Crippen LogP) is 10.7. The van der Waals surface area contributed by atoms with Crippen LogP contribution in [0.5, 0.6) is 11.5 Å². The molecule has 1 spiro atoms. The fourth-order valence-electron chi connectivity index (χ4n) is 8.60. The number of ether oxygens (including phenoxy) is 1. The Morgan fingerprint density at radius 2 is 1.15 bits per heavy atom. The van der Waals surface area contributed by atoms with E-state index in [1.54, 1.807) is 0 Å². The minimum atomic E-state index is -0.453. The van der Waals surface area contributed by atoms with Gasteiger partial charge in [0.15, 0.2) is 0 Å². The van der Waals surface area contributed by atoms with Crippen molar-refractivity contribution in [2.75, 3.05) is 0 Å². The summed E-state index contributed by atoms with van der Waals surface area (Å²) in [6.45, 7) is 0. The summed E-state index contributed by atoms with van der Waals surface area (Å²) in [5.74, 6) is 2.78. The lowest BCUT2D eigenvalue weighted by Gasteiger charge is -2.39. The maximum absolute atomic E-state index is 6.83. The van der Waals surface area contributed by atoms with Crippen LogP contribution < -0.4 is 4.74 Å². The van der Waals surface area contributed by atoms with Crippen molar-refractivity contribution in [1.29, 1.82) is 0 Å². The van der Waals surface area contributed by atoms with E-state index in [0.29, 0.717) is 0 Å². The van der Waals surface area contributed by atoms with Crippen LogP contribution in [0.2, 0.25) is 0 Å². The fourth-order valence-corrected chi connectivity index (χ4v) is 8.60. The van der Waals surface area contributed by atoms with Gasteiger partial charge in [-0.15, -0.1) is 0 Å². The Labute approximate surface area is 278 Å². The molecule has 1 aromatic heterocycles. The van der Waals surface area contributed by atoms with Crippen LogP contribution in [0.1, 0.15) is 33.4 Å². The van der Waals surface area contributed by atoms with Crippen LogP contribution in [-0.4, -0.2) is 9.55 Å². The molecule has 12 rings (SSSR count). The molecule has 0 unspecified atom stereocenters. The van der Waals surface area contributed by atoms with Gasteiger partial charge in [0.1, 0.15) is 17.3 Å². The van der Waals surface area contributed by atoms with Gasteiger partial charge in [-0.05, 0) is 74.8 Å². The molecule has 4 aliphatic rings. The Bertz CT molecular complexity index is 2580. The summed E-state index contributed by atoms with van der Waals surface area (Å²) in [5.41, 5.74) is 16.6. The van der Waals surface area contributed by atoms with E-state index in [0.717, 1.165) is 45.9 Å². The van der Waals surface area contributed by atoms with E-state index in [1.165, 1.54) is 55.8 Å². The second-order valence-electron chi connectivity index (χ2n) is 13.1. The van der Waals surface area contributed by atoms with Crippen LogP contribution >= 0.6 is 0 Å². The zero-order valence-corrected chi connectivity index (χ0v) is 26.0. The highest BCUT2D eigenvalue weighted by molar-refractivity contribution is 5.90. The number of hydrogen-bond acceptors (Lipinski definition) is 2. The van der Waals surface area contributed by atoms with Gasteiger partial charge in [0.2, 0.25) is 0 Å². The number of nitrogens with zero attached hydrogens (tertiary/aromatic N) is 2. The van der Waals surface area contributed by atoms with E-state index < -0.39 is 5.41 Å². The van der Waals surface area contributed by atoms with Gasteiger partial charge >= 0.3 is 0 Å². The molecule has 3 heteroatoms. The molecular formula is C45H28N2O. The highest BCUT2D eigenvalue weighted by Crippen LogP contribution is 2.62. The Morgan fingerprint density at radius 1 is 0.500 bits per heavy atom. The van der Waals surface area contributed by atoms with E-state index >= 15 is 0 Å². The van der Waals surface area contributed by atoms with E-state index in [1.807, 2.05) is 0 Å². The molecule has 1 aliphatic heterocycles. The molecule has 0 saturated heterocycles. The molecule has 0 saturated carbocycles. The number of aromatic nitrogens is 2. The molecule has 2 bridgehead atoms. The van der Waals surface area contributed by atoms with Gasteiger partial charge in [0.25, 0.3) is 0 Å². The van der Waals surface area contributed by atoms with Crippen molar-refractivity contribution >= 4 is 11.0 Å². The fraction of sp³-hybridized carbons (Fsp3) is 0.0444. The molecule has 224 valence electrons. The third kappa shape index (κ3) is 3.30. The van der Waals surface area contributed by atoms with Gasteiger partial charge in [-0.3, -0.25) is 4.57 Å². The Hall–Kier alpha value is -6.19. The van der Waals surface area contributed by atoms with Crippen molar-refractivity contribution < 1.29 is 4.74 Å². The lowest BCUT2D eigenvalue weighted by atomic mass is 9.66. The van der Waals surface area contributed by atoms with E-state index in [4.69, 9.17) is 9.72 Å². The van der Waals surface area contributed by atoms with E-state index in [2.05, 4.69) is 162 Å². The number of rotatable bonds is 3. The Morgan fingerprint density at radius 3 is 1.94 bits per heavy atom. The van der Waals surface area contributed by atoms with Gasteiger partial charge in [-0.25, -0.2) is 4.98 Å². The largest absolute Gasteiger partial charge is 0.457 e. The molecule has 0 N–H and O–H groups in total. The monoisotopic (exact) mass is 612 g/mol. The summed E-state index contributed by atoms with van der Waals surface area (Å²) in [4.78, 5) is 5.12. The lowest BCUT2D eigenvalue weighted by molar-refractivity contribution is 0.436. The third-order valence-electron chi connectivity index (χ3n) is 10.7. The van der Waals surface area contributed by atoms with E-state index in [9.17, 15) is 0 Å². The molecular weight excluding hydrogens is 585 g/mol. The average molecular weight is 613 g/mol. The summed E-state index contributed by atoms with van der Waals surface area (Å²) in [6.07, 6.45) is 0.938. The summed E-state index contributed by atoms with van der Waals surface area (Å²) in [6, 6.07) is 56.9. The van der Waals surface area contributed by atoms with Gasteiger partial charge < -0.3 is 4.74 Å². The second kappa shape index (κ2) is 9.43. The van der Waals surface area contributed by atoms with Crippen LogP contribution in [-0.2, 0) is 11.8 Å². The number of fused-ring (bicyclic) bond motifs is 12. The van der Waals surface area contributed by atoms with Gasteiger partial charge in [-0.2, -0.15) is 0 Å². The minimum absolute atomic E-state index is 0.453. The first-order valence-electron chi connectivity index (χ1n) is 16.6. The summed E-state index contributed by atoms with van der Waals surface area (Å²) in [5, 5.41) is 0. The van der Waals surface area contributed by atoms with Crippen LogP contribution in [0, 0.1) is 0 Å². The lowest BCUT2D eigenvalue weighted by Crippen LogP contribution is -2.32. The zero-order chi connectivity index (χ0) is 31.4. The maximum atomic E-state index is 6.83. The molecule has 3 aliphatic carbocycles. The van der Waals surface area contributed by atoms with Crippen molar-refractivity contribution in [3.8, 4) is 50.8 Å². The van der Waals surface area contributed by atoms with Gasteiger partial charge in [0.05, 0.1) is 22.1 Å². The first-order valence-corrected chi connectivity index (χ1v) is 16.6. The van der Waals surface area contributed by atoms with Crippen molar-refractivity contribution in [3.05, 3.63) is 191 Å². The van der Waals surface area contributed by atoms with Crippen LogP contribution in [0.25, 0.3) is 50.4 Å². The minimum Gasteiger partial charge on any atom is -0.457 e. The van der Waals surface area contributed by atoms with Crippen molar-refractivity contribution in [2.24, 2.45) is 0 Å². The molecule has 48 heavy (non-hydrogen) atoms. The van der Waals surface area contributed by atoms with Crippen molar-refractivity contribution in [2.45, 2.75) is 11.8 Å². The van der Waals surface area contributed by atoms with Crippen LogP contribution in [0.3, 0.4) is 0 Å². The van der Waals surface area contributed by atoms with Gasteiger partial charge in [0, 0.05) is 23.1 Å². The number of imidazole rings is 1. The van der Waals surface area contributed by atoms with E-state index in [-0.39, 0.29) is 0 Å². The first kappa shape index (κ1) is 25.9. The summed E-state index contributed by atoms with van der Waals surface area (Å²) < 4.78 is 9.18. The Balaban J connectivity index is 1.13. The number of benzene rings is 7. The second-order valence-corrected chi connectivity index (χ2v) is 13.1. The molecule has 0 amide bonds. The summed E-state index contributed by atoms with van der Waals surface area (Å²) >= 11 is 0. The SMILES string of the molecule is c1ccc(-c2nc3ccccc3n2-c2cc(-c3ccc4c(c3)Oc3ccccc3C43c4ccccc4-c4ccccc43)c3cc2C3)cc1. The molecule has 0 radical (unpaired) electrons.